The summed E-state index contributed by atoms with van der Waals surface area (Å²) >= 11 is 0. The van der Waals surface area contributed by atoms with Crippen LogP contribution in [-0.4, -0.2) is 30.1 Å². The highest BCUT2D eigenvalue weighted by Gasteiger charge is 2.02. The van der Waals surface area contributed by atoms with Crippen molar-refractivity contribution in [2.24, 2.45) is 5.92 Å². The van der Waals surface area contributed by atoms with Crippen LogP contribution in [-0.2, 0) is 0 Å². The Kier molecular flexibility index (Phi) is 4.12. The van der Waals surface area contributed by atoms with E-state index in [4.69, 9.17) is 0 Å². The van der Waals surface area contributed by atoms with Crippen molar-refractivity contribution in [3.8, 4) is 0 Å². The van der Waals surface area contributed by atoms with Gasteiger partial charge in [0.15, 0.2) is 5.82 Å². The van der Waals surface area contributed by atoms with Gasteiger partial charge in [0.2, 0.25) is 0 Å². The second-order valence-corrected chi connectivity index (χ2v) is 3.31. The molecule has 5 heteroatoms. The summed E-state index contributed by atoms with van der Waals surface area (Å²) in [6, 6.07) is 0. The van der Waals surface area contributed by atoms with Gasteiger partial charge in [0.25, 0.3) is 5.56 Å². The fraction of sp³-hybridized carbons (Fsp3) is 0.556. The number of nitrogens with zero attached hydrogens (tertiary/aromatic N) is 1. The zero-order chi connectivity index (χ0) is 10.4. The maximum Gasteiger partial charge on any atom is 0.290 e. The van der Waals surface area contributed by atoms with E-state index in [1.807, 2.05) is 7.05 Å². The van der Waals surface area contributed by atoms with Gasteiger partial charge in [0.1, 0.15) is 0 Å². The quantitative estimate of drug-likeness (QED) is 0.622. The summed E-state index contributed by atoms with van der Waals surface area (Å²) in [5.74, 6) is 0.844. The van der Waals surface area contributed by atoms with Gasteiger partial charge in [0.05, 0.1) is 0 Å². The van der Waals surface area contributed by atoms with Gasteiger partial charge in [-0.2, -0.15) is 0 Å². The van der Waals surface area contributed by atoms with Gasteiger partial charge >= 0.3 is 0 Å². The van der Waals surface area contributed by atoms with Crippen LogP contribution in [0.15, 0.2) is 17.2 Å². The molecule has 5 nitrogen and oxygen atoms in total. The topological polar surface area (TPSA) is 69.8 Å². The second kappa shape index (κ2) is 5.39. The Morgan fingerprint density at radius 2 is 2.36 bits per heavy atom. The van der Waals surface area contributed by atoms with Crippen LogP contribution in [0.4, 0.5) is 5.82 Å². The van der Waals surface area contributed by atoms with Crippen molar-refractivity contribution >= 4 is 5.82 Å². The van der Waals surface area contributed by atoms with Gasteiger partial charge in [-0.3, -0.25) is 4.79 Å². The lowest BCUT2D eigenvalue weighted by atomic mass is 10.2. The zero-order valence-corrected chi connectivity index (χ0v) is 8.50. The summed E-state index contributed by atoms with van der Waals surface area (Å²) in [4.78, 5) is 17.7. The minimum Gasteiger partial charge on any atom is -0.365 e. The molecular weight excluding hydrogens is 180 g/mol. The molecule has 0 aliphatic rings. The van der Waals surface area contributed by atoms with Crippen molar-refractivity contribution in [1.82, 2.24) is 15.3 Å². The molecule has 1 rings (SSSR count). The Balaban J connectivity index is 2.46. The number of aromatic amines is 1. The summed E-state index contributed by atoms with van der Waals surface area (Å²) < 4.78 is 0. The van der Waals surface area contributed by atoms with Gasteiger partial charge in [-0.15, -0.1) is 0 Å². The maximum atomic E-state index is 11.2. The van der Waals surface area contributed by atoms with Crippen LogP contribution < -0.4 is 16.2 Å². The molecule has 0 saturated heterocycles. The minimum atomic E-state index is -0.177. The van der Waals surface area contributed by atoms with Crippen LogP contribution in [0.25, 0.3) is 0 Å². The van der Waals surface area contributed by atoms with E-state index in [1.54, 1.807) is 6.20 Å². The van der Waals surface area contributed by atoms with E-state index < -0.39 is 0 Å². The standard InChI is InChI=1S/C9H16N4O/c1-7(5-10-2)6-13-8-9(14)12-4-3-11-8/h3-4,7,10H,5-6H2,1-2H3,(H,11,13)(H,12,14). The third kappa shape index (κ3) is 3.18. The van der Waals surface area contributed by atoms with E-state index in [0.717, 1.165) is 13.1 Å². The first kappa shape index (κ1) is 10.7. The molecule has 1 atom stereocenters. The van der Waals surface area contributed by atoms with E-state index in [-0.39, 0.29) is 5.56 Å². The highest BCUT2D eigenvalue weighted by atomic mass is 16.1. The normalized spacial score (nSPS) is 12.4. The SMILES string of the molecule is CNCC(C)CNc1ncc[nH]c1=O. The van der Waals surface area contributed by atoms with Gasteiger partial charge in [-0.05, 0) is 19.5 Å². The fourth-order valence-corrected chi connectivity index (χ4v) is 1.17. The first-order chi connectivity index (χ1) is 6.74. The molecule has 0 aliphatic carbocycles. The molecule has 14 heavy (non-hydrogen) atoms. The lowest BCUT2D eigenvalue weighted by Gasteiger charge is -2.11. The number of hydrogen-bond acceptors (Lipinski definition) is 4. The lowest BCUT2D eigenvalue weighted by molar-refractivity contribution is 0.568. The molecule has 1 heterocycles. The summed E-state index contributed by atoms with van der Waals surface area (Å²) in [5, 5.41) is 6.07. The van der Waals surface area contributed by atoms with Crippen molar-refractivity contribution in [2.75, 3.05) is 25.5 Å². The van der Waals surface area contributed by atoms with Crippen LogP contribution >= 0.6 is 0 Å². The van der Waals surface area contributed by atoms with Gasteiger partial charge in [0, 0.05) is 18.9 Å². The third-order valence-electron chi connectivity index (χ3n) is 1.88. The molecule has 0 radical (unpaired) electrons. The number of nitrogens with one attached hydrogen (secondary N) is 3. The summed E-state index contributed by atoms with van der Waals surface area (Å²) in [6.45, 7) is 3.75. The van der Waals surface area contributed by atoms with E-state index in [1.165, 1.54) is 6.20 Å². The molecule has 0 saturated carbocycles. The smallest absolute Gasteiger partial charge is 0.290 e. The van der Waals surface area contributed by atoms with Crippen molar-refractivity contribution in [2.45, 2.75) is 6.92 Å². The molecule has 78 valence electrons. The highest BCUT2D eigenvalue weighted by molar-refractivity contribution is 5.29. The van der Waals surface area contributed by atoms with Crippen LogP contribution in [0.2, 0.25) is 0 Å². The van der Waals surface area contributed by atoms with Crippen LogP contribution in [0, 0.1) is 5.92 Å². The molecule has 0 bridgehead atoms. The third-order valence-corrected chi connectivity index (χ3v) is 1.88. The molecule has 0 fully saturated rings. The average molecular weight is 196 g/mol. The van der Waals surface area contributed by atoms with Crippen molar-refractivity contribution < 1.29 is 0 Å². The van der Waals surface area contributed by atoms with E-state index in [9.17, 15) is 4.79 Å². The predicted molar refractivity (Wildman–Crippen MR) is 56.4 cm³/mol. The van der Waals surface area contributed by atoms with Gasteiger partial charge in [-0.25, -0.2) is 4.98 Å². The predicted octanol–water partition coefficient (Wildman–Crippen LogP) is 0.0373. The van der Waals surface area contributed by atoms with Crippen LogP contribution in [0.1, 0.15) is 6.92 Å². The average Bonchev–Trinajstić information content (AvgIpc) is 2.17. The molecular formula is C9H16N4O. The molecule has 1 unspecified atom stereocenters. The van der Waals surface area contributed by atoms with E-state index in [0.29, 0.717) is 11.7 Å². The number of rotatable bonds is 5. The Morgan fingerprint density at radius 1 is 1.57 bits per heavy atom. The number of aromatic nitrogens is 2. The molecule has 0 amide bonds. The molecule has 3 N–H and O–H groups in total. The van der Waals surface area contributed by atoms with Crippen molar-refractivity contribution in [3.63, 3.8) is 0 Å². The molecule has 0 aromatic carbocycles. The van der Waals surface area contributed by atoms with Crippen LogP contribution in [0.5, 0.6) is 0 Å². The Labute approximate surface area is 83.0 Å². The number of anilines is 1. The monoisotopic (exact) mass is 196 g/mol. The highest BCUT2D eigenvalue weighted by Crippen LogP contribution is 1.95. The second-order valence-electron chi connectivity index (χ2n) is 3.31. The molecule has 1 aromatic heterocycles. The number of hydrogen-bond donors (Lipinski definition) is 3. The van der Waals surface area contributed by atoms with Crippen molar-refractivity contribution in [3.05, 3.63) is 22.7 Å². The zero-order valence-electron chi connectivity index (χ0n) is 8.50. The maximum absolute atomic E-state index is 11.2. The summed E-state index contributed by atoms with van der Waals surface area (Å²) in [6.07, 6.45) is 3.08. The van der Waals surface area contributed by atoms with Gasteiger partial charge < -0.3 is 15.6 Å². The minimum absolute atomic E-state index is 0.177. The van der Waals surface area contributed by atoms with E-state index >= 15 is 0 Å². The molecule has 1 aromatic rings. The Morgan fingerprint density at radius 3 is 3.00 bits per heavy atom. The molecule has 0 spiro atoms. The van der Waals surface area contributed by atoms with E-state index in [2.05, 4.69) is 27.5 Å². The van der Waals surface area contributed by atoms with Gasteiger partial charge in [-0.1, -0.05) is 6.92 Å². The fourth-order valence-electron chi connectivity index (χ4n) is 1.17. The first-order valence-electron chi connectivity index (χ1n) is 4.66. The summed E-state index contributed by atoms with van der Waals surface area (Å²) in [5.41, 5.74) is -0.177. The Hall–Kier alpha value is -1.36. The first-order valence-corrected chi connectivity index (χ1v) is 4.66. The summed E-state index contributed by atoms with van der Waals surface area (Å²) in [7, 11) is 1.91. The largest absolute Gasteiger partial charge is 0.365 e. The lowest BCUT2D eigenvalue weighted by Crippen LogP contribution is -2.25. The van der Waals surface area contributed by atoms with Crippen LogP contribution in [0.3, 0.4) is 0 Å². The van der Waals surface area contributed by atoms with Crippen molar-refractivity contribution in [1.29, 1.82) is 0 Å². The molecule has 0 aliphatic heterocycles. The number of H-pyrrole nitrogens is 1. The Bertz CT molecular complexity index is 323.